The van der Waals surface area contributed by atoms with Crippen molar-refractivity contribution >= 4 is 34.0 Å². The number of fused-ring (bicyclic) bond motifs is 1. The second-order valence-electron chi connectivity index (χ2n) is 6.57. The van der Waals surface area contributed by atoms with E-state index in [2.05, 4.69) is 26.8 Å². The van der Waals surface area contributed by atoms with E-state index in [0.717, 1.165) is 39.1 Å². The van der Waals surface area contributed by atoms with Crippen LogP contribution in [0.2, 0.25) is 0 Å². The fourth-order valence-electron chi connectivity index (χ4n) is 3.24. The zero-order valence-corrected chi connectivity index (χ0v) is 16.3. The van der Waals surface area contributed by atoms with E-state index in [1.54, 1.807) is 22.2 Å². The van der Waals surface area contributed by atoms with Crippen LogP contribution in [-0.4, -0.2) is 20.7 Å². The lowest BCUT2D eigenvalue weighted by Gasteiger charge is -2.10. The number of nitrogens with one attached hydrogen (secondary N) is 1. The summed E-state index contributed by atoms with van der Waals surface area (Å²) in [6, 6.07) is 12.0. The molecule has 1 N–H and O–H groups in total. The van der Waals surface area contributed by atoms with Crippen LogP contribution >= 0.6 is 11.3 Å². The Kier molecular flexibility index (Phi) is 4.49. The minimum Gasteiger partial charge on any atom is -0.324 e. The third-order valence-corrected chi connectivity index (χ3v) is 5.67. The van der Waals surface area contributed by atoms with Gasteiger partial charge in [-0.15, -0.1) is 11.3 Å². The van der Waals surface area contributed by atoms with Gasteiger partial charge in [0.1, 0.15) is 6.54 Å². The number of anilines is 1. The molecule has 0 aliphatic heterocycles. The maximum atomic E-state index is 12.6. The van der Waals surface area contributed by atoms with Gasteiger partial charge in [-0.3, -0.25) is 4.79 Å². The molecule has 3 aromatic heterocycles. The number of nitrogens with zero attached hydrogens (tertiary/aromatic N) is 3. The Hall–Kier alpha value is -2.99. The number of rotatable bonds is 4. The lowest BCUT2D eigenvalue weighted by Crippen LogP contribution is -2.20. The summed E-state index contributed by atoms with van der Waals surface area (Å²) in [4.78, 5) is 18.3. The normalized spacial score (nSPS) is 11.1. The van der Waals surface area contributed by atoms with E-state index in [4.69, 9.17) is 0 Å². The average molecular weight is 376 g/mol. The van der Waals surface area contributed by atoms with Crippen LogP contribution in [0.1, 0.15) is 16.8 Å². The number of hydrogen-bond acceptors (Lipinski definition) is 4. The molecule has 4 rings (SSSR count). The van der Waals surface area contributed by atoms with Crippen LogP contribution in [0.3, 0.4) is 0 Å². The quantitative estimate of drug-likeness (QED) is 0.560. The van der Waals surface area contributed by atoms with Crippen LogP contribution in [0.4, 0.5) is 5.69 Å². The number of carbonyl (C=O) groups is 1. The molecule has 1 amide bonds. The van der Waals surface area contributed by atoms with E-state index < -0.39 is 0 Å². The topological polar surface area (TPSA) is 59.8 Å². The molecular weight excluding hydrogens is 356 g/mol. The monoisotopic (exact) mass is 376 g/mol. The Morgan fingerprint density at radius 1 is 1.15 bits per heavy atom. The molecule has 0 bridgehead atoms. The Bertz CT molecular complexity index is 1130. The van der Waals surface area contributed by atoms with Crippen LogP contribution < -0.4 is 5.32 Å². The summed E-state index contributed by atoms with van der Waals surface area (Å²) >= 11 is 1.68. The van der Waals surface area contributed by atoms with Gasteiger partial charge in [-0.25, -0.2) is 9.67 Å². The first-order chi connectivity index (χ1) is 13.0. The maximum Gasteiger partial charge on any atom is 0.246 e. The van der Waals surface area contributed by atoms with Gasteiger partial charge in [-0.1, -0.05) is 18.2 Å². The third kappa shape index (κ3) is 3.24. The Balaban J connectivity index is 1.66. The summed E-state index contributed by atoms with van der Waals surface area (Å²) in [5, 5.41) is 10.6. The predicted molar refractivity (Wildman–Crippen MR) is 110 cm³/mol. The van der Waals surface area contributed by atoms with E-state index in [1.165, 1.54) is 4.88 Å². The largest absolute Gasteiger partial charge is 0.324 e. The minimum atomic E-state index is -0.114. The average Bonchev–Trinajstić information content (AvgIpc) is 3.28. The second-order valence-corrected chi connectivity index (χ2v) is 7.52. The van der Waals surface area contributed by atoms with Crippen molar-refractivity contribution in [2.75, 3.05) is 5.32 Å². The highest BCUT2D eigenvalue weighted by molar-refractivity contribution is 7.13. The van der Waals surface area contributed by atoms with Crippen LogP contribution in [-0.2, 0) is 11.3 Å². The van der Waals surface area contributed by atoms with Crippen molar-refractivity contribution < 1.29 is 4.79 Å². The molecule has 0 atom stereocenters. The molecular formula is C21H20N4OS. The van der Waals surface area contributed by atoms with Gasteiger partial charge in [0.15, 0.2) is 5.65 Å². The molecule has 0 aliphatic carbocycles. The van der Waals surface area contributed by atoms with Gasteiger partial charge in [-0.2, -0.15) is 5.10 Å². The number of amides is 1. The predicted octanol–water partition coefficient (Wildman–Crippen LogP) is 4.72. The molecule has 0 saturated heterocycles. The fourth-order valence-corrected chi connectivity index (χ4v) is 4.00. The number of thiophene rings is 1. The summed E-state index contributed by atoms with van der Waals surface area (Å²) in [6.07, 6.45) is 1.78. The number of hydrogen-bond donors (Lipinski definition) is 1. The van der Waals surface area contributed by atoms with Crippen LogP contribution in [0.25, 0.3) is 21.5 Å². The third-order valence-electron chi connectivity index (χ3n) is 4.77. The number of aryl methyl sites for hydroxylation is 2. The van der Waals surface area contributed by atoms with E-state index in [-0.39, 0.29) is 12.5 Å². The molecule has 0 fully saturated rings. The molecule has 0 spiro atoms. The van der Waals surface area contributed by atoms with Gasteiger partial charge in [-0.05, 0) is 55.5 Å². The minimum absolute atomic E-state index is 0.114. The molecule has 3 heterocycles. The lowest BCUT2D eigenvalue weighted by atomic mass is 10.1. The van der Waals surface area contributed by atoms with Gasteiger partial charge in [0.25, 0.3) is 0 Å². The molecule has 0 unspecified atom stereocenters. The van der Waals surface area contributed by atoms with Gasteiger partial charge in [0.2, 0.25) is 5.91 Å². The van der Waals surface area contributed by atoms with Gasteiger partial charge >= 0.3 is 0 Å². The van der Waals surface area contributed by atoms with Crippen LogP contribution in [0.5, 0.6) is 0 Å². The Labute approximate surface area is 161 Å². The molecule has 4 aromatic rings. The van der Waals surface area contributed by atoms with Crippen molar-refractivity contribution in [2.45, 2.75) is 27.3 Å². The van der Waals surface area contributed by atoms with Crippen LogP contribution in [0.15, 0.2) is 48.0 Å². The zero-order chi connectivity index (χ0) is 19.0. The van der Waals surface area contributed by atoms with Gasteiger partial charge in [0.05, 0.1) is 11.1 Å². The van der Waals surface area contributed by atoms with E-state index >= 15 is 0 Å². The number of aromatic nitrogens is 3. The van der Waals surface area contributed by atoms with E-state index in [9.17, 15) is 4.79 Å². The highest BCUT2D eigenvalue weighted by atomic mass is 32.1. The smallest absolute Gasteiger partial charge is 0.246 e. The second kappa shape index (κ2) is 6.96. The molecule has 1 aromatic carbocycles. The summed E-state index contributed by atoms with van der Waals surface area (Å²) in [7, 11) is 0. The van der Waals surface area contributed by atoms with Crippen molar-refractivity contribution in [1.29, 1.82) is 0 Å². The fraction of sp³-hybridized carbons (Fsp3) is 0.190. The summed E-state index contributed by atoms with van der Waals surface area (Å²) in [5.41, 5.74) is 5.77. The SMILES string of the molecule is Cc1cccc(NC(=O)Cn2nc(C)c3c(-c4cccs4)ccnc32)c1C. The molecule has 5 nitrogen and oxygen atoms in total. The Morgan fingerprint density at radius 3 is 2.78 bits per heavy atom. The molecule has 27 heavy (non-hydrogen) atoms. The maximum absolute atomic E-state index is 12.6. The van der Waals surface area contributed by atoms with E-state index in [1.807, 2.05) is 51.1 Å². The Morgan fingerprint density at radius 2 is 2.00 bits per heavy atom. The molecule has 0 saturated carbocycles. The van der Waals surface area contributed by atoms with Crippen molar-refractivity contribution in [1.82, 2.24) is 14.8 Å². The lowest BCUT2D eigenvalue weighted by molar-refractivity contribution is -0.116. The number of carbonyl (C=O) groups excluding carboxylic acids is 1. The highest BCUT2D eigenvalue weighted by Crippen LogP contribution is 2.32. The van der Waals surface area contributed by atoms with E-state index in [0.29, 0.717) is 0 Å². The van der Waals surface area contributed by atoms with Crippen LogP contribution in [0, 0.1) is 20.8 Å². The summed E-state index contributed by atoms with van der Waals surface area (Å²) in [5.74, 6) is -0.114. The number of benzene rings is 1. The van der Waals surface area contributed by atoms with Crippen molar-refractivity contribution in [2.24, 2.45) is 0 Å². The summed E-state index contributed by atoms with van der Waals surface area (Å²) in [6.45, 7) is 6.12. The first-order valence-corrected chi connectivity index (χ1v) is 9.64. The molecule has 136 valence electrons. The first kappa shape index (κ1) is 17.4. The van der Waals surface area contributed by atoms with Gasteiger partial charge in [0, 0.05) is 22.3 Å². The summed E-state index contributed by atoms with van der Waals surface area (Å²) < 4.78 is 1.68. The van der Waals surface area contributed by atoms with Crippen molar-refractivity contribution in [3.63, 3.8) is 0 Å². The zero-order valence-electron chi connectivity index (χ0n) is 15.5. The molecule has 6 heteroatoms. The van der Waals surface area contributed by atoms with Crippen molar-refractivity contribution in [3.05, 3.63) is 64.8 Å². The molecule has 0 aliphatic rings. The first-order valence-electron chi connectivity index (χ1n) is 8.76. The van der Waals surface area contributed by atoms with Gasteiger partial charge < -0.3 is 5.32 Å². The standard InChI is InChI=1S/C21H20N4OS/c1-13-6-4-7-17(14(13)2)23-19(26)12-25-21-20(15(3)24-25)16(9-10-22-21)18-8-5-11-27-18/h4-11H,12H2,1-3H3,(H,23,26). The number of pyridine rings is 1. The van der Waals surface area contributed by atoms with Crippen molar-refractivity contribution in [3.8, 4) is 10.4 Å². The molecule has 0 radical (unpaired) electrons. The highest BCUT2D eigenvalue weighted by Gasteiger charge is 2.16.